The van der Waals surface area contributed by atoms with E-state index in [1.807, 2.05) is 0 Å². The van der Waals surface area contributed by atoms with Gasteiger partial charge in [0.15, 0.2) is 28.1 Å². The highest BCUT2D eigenvalue weighted by molar-refractivity contribution is 7.94. The Morgan fingerprint density at radius 1 is 0.974 bits per heavy atom. The highest BCUT2D eigenvalue weighted by atomic mass is 32.2. The lowest BCUT2D eigenvalue weighted by Gasteiger charge is -2.32. The van der Waals surface area contributed by atoms with E-state index in [4.69, 9.17) is 9.84 Å². The van der Waals surface area contributed by atoms with Crippen LogP contribution in [0.1, 0.15) is 11.1 Å². The van der Waals surface area contributed by atoms with Gasteiger partial charge in [0, 0.05) is 17.3 Å². The molecular weight excluding hydrogens is 529 g/mol. The molecule has 0 aliphatic carbocycles. The molecule has 0 aromatic heterocycles. The Bertz CT molecular complexity index is 1610. The van der Waals surface area contributed by atoms with E-state index in [-0.39, 0.29) is 29.2 Å². The zero-order chi connectivity index (χ0) is 27.4. The third-order valence-electron chi connectivity index (χ3n) is 6.26. The summed E-state index contributed by atoms with van der Waals surface area (Å²) < 4.78 is 73.9. The van der Waals surface area contributed by atoms with Crippen molar-refractivity contribution in [1.82, 2.24) is 0 Å². The standard InChI is InChI=1S/C25H17F3N2O7S/c26-15-3-1-14(2-4-15)11-29-21-8-6-17(37-12-23(32)33)10-18(21)25(24(29)34)30(22(31)13-38(25,35)36)16-5-7-19(27)20(28)9-16/h1-10H,11-13H2,(H,32,33). The molecule has 1 atom stereocenters. The molecule has 2 aliphatic rings. The molecule has 2 aliphatic heterocycles. The van der Waals surface area contributed by atoms with Crippen LogP contribution in [0, 0.1) is 17.5 Å². The number of hydrogen-bond acceptors (Lipinski definition) is 6. The van der Waals surface area contributed by atoms with E-state index in [9.17, 15) is 36.0 Å². The second kappa shape index (κ2) is 8.87. The number of hydrogen-bond donors (Lipinski definition) is 1. The van der Waals surface area contributed by atoms with Crippen molar-refractivity contribution < 1.29 is 45.8 Å². The third kappa shape index (κ3) is 3.77. The molecule has 9 nitrogen and oxygen atoms in total. The Morgan fingerprint density at radius 3 is 2.34 bits per heavy atom. The molecule has 38 heavy (non-hydrogen) atoms. The molecule has 1 saturated heterocycles. The first-order valence-electron chi connectivity index (χ1n) is 11.0. The van der Waals surface area contributed by atoms with Gasteiger partial charge in [-0.2, -0.15) is 0 Å². The first kappa shape index (κ1) is 25.3. The van der Waals surface area contributed by atoms with Gasteiger partial charge < -0.3 is 14.7 Å². The topological polar surface area (TPSA) is 121 Å². The number of amides is 2. The maximum Gasteiger partial charge on any atom is 0.341 e. The van der Waals surface area contributed by atoms with Gasteiger partial charge in [-0.1, -0.05) is 12.1 Å². The summed E-state index contributed by atoms with van der Waals surface area (Å²) in [6.45, 7) is -1.00. The minimum absolute atomic E-state index is 0.0489. The number of carbonyl (C=O) groups excluding carboxylic acids is 2. The van der Waals surface area contributed by atoms with Gasteiger partial charge in [0.25, 0.3) is 10.8 Å². The number of ether oxygens (including phenoxy) is 1. The third-order valence-corrected chi connectivity index (χ3v) is 8.37. The van der Waals surface area contributed by atoms with Crippen LogP contribution in [-0.2, 0) is 35.6 Å². The lowest BCUT2D eigenvalue weighted by atomic mass is 10.0. The highest BCUT2D eigenvalue weighted by Gasteiger charge is 2.69. The number of sulfone groups is 1. The summed E-state index contributed by atoms with van der Waals surface area (Å²) in [7, 11) is -4.66. The molecule has 2 heterocycles. The van der Waals surface area contributed by atoms with E-state index in [0.29, 0.717) is 22.6 Å². The van der Waals surface area contributed by atoms with Gasteiger partial charge >= 0.3 is 5.97 Å². The van der Waals surface area contributed by atoms with Crippen LogP contribution in [-0.4, -0.2) is 43.7 Å². The average molecular weight is 546 g/mol. The summed E-state index contributed by atoms with van der Waals surface area (Å²) in [5.41, 5.74) is -0.138. The summed E-state index contributed by atoms with van der Waals surface area (Å²) in [5, 5.41) is 8.97. The number of carboxylic acid groups (broad SMARTS) is 1. The minimum Gasteiger partial charge on any atom is -0.482 e. The smallest absolute Gasteiger partial charge is 0.341 e. The number of halogens is 3. The molecule has 1 spiro atoms. The molecule has 1 unspecified atom stereocenters. The molecule has 1 N–H and O–H groups in total. The van der Waals surface area contributed by atoms with Crippen LogP contribution in [0.3, 0.4) is 0 Å². The van der Waals surface area contributed by atoms with Crippen molar-refractivity contribution in [3.05, 3.63) is 89.2 Å². The first-order chi connectivity index (χ1) is 18.0. The van der Waals surface area contributed by atoms with E-state index in [1.54, 1.807) is 0 Å². The molecule has 3 aromatic carbocycles. The molecule has 1 fully saturated rings. The lowest BCUT2D eigenvalue weighted by molar-refractivity contribution is -0.139. The SMILES string of the molecule is O=C(O)COc1ccc2c(c1)C1(C(=O)N2Cc2ccc(F)cc2)N(c2ccc(F)c(F)c2)C(=O)CS1(=O)=O. The fourth-order valence-electron chi connectivity index (χ4n) is 4.71. The summed E-state index contributed by atoms with van der Waals surface area (Å²) in [4.78, 5) is 37.2. The van der Waals surface area contributed by atoms with E-state index in [2.05, 4.69) is 0 Å². The quantitative estimate of drug-likeness (QED) is 0.505. The van der Waals surface area contributed by atoms with Crippen LogP contribution in [0.5, 0.6) is 5.75 Å². The summed E-state index contributed by atoms with van der Waals surface area (Å²) >= 11 is 0. The second-order valence-electron chi connectivity index (χ2n) is 8.61. The molecule has 5 rings (SSSR count). The van der Waals surface area contributed by atoms with E-state index in [1.165, 1.54) is 24.3 Å². The normalized spacial score (nSPS) is 19.8. The van der Waals surface area contributed by atoms with Crippen molar-refractivity contribution in [3.63, 3.8) is 0 Å². The fourth-order valence-corrected chi connectivity index (χ4v) is 6.73. The number of carboxylic acids is 1. The summed E-state index contributed by atoms with van der Waals surface area (Å²) in [6.07, 6.45) is 0. The molecule has 2 amide bonds. The van der Waals surface area contributed by atoms with Gasteiger partial charge in [-0.3, -0.25) is 14.5 Å². The minimum atomic E-state index is -4.66. The van der Waals surface area contributed by atoms with Crippen LogP contribution >= 0.6 is 0 Å². The monoisotopic (exact) mass is 546 g/mol. The molecule has 196 valence electrons. The van der Waals surface area contributed by atoms with Crippen molar-refractivity contribution in [2.24, 2.45) is 0 Å². The van der Waals surface area contributed by atoms with Gasteiger partial charge in [-0.15, -0.1) is 0 Å². The van der Waals surface area contributed by atoms with Crippen LogP contribution < -0.4 is 14.5 Å². The Balaban J connectivity index is 1.74. The second-order valence-corrected chi connectivity index (χ2v) is 10.7. The van der Waals surface area contributed by atoms with Crippen LogP contribution in [0.25, 0.3) is 0 Å². The van der Waals surface area contributed by atoms with Crippen molar-refractivity contribution in [2.45, 2.75) is 11.4 Å². The van der Waals surface area contributed by atoms with E-state index in [0.717, 1.165) is 29.2 Å². The summed E-state index contributed by atoms with van der Waals surface area (Å²) in [6, 6.07) is 11.1. The maximum atomic E-state index is 14.2. The number of nitrogens with zero attached hydrogens (tertiary/aromatic N) is 2. The van der Waals surface area contributed by atoms with Crippen LogP contribution in [0.15, 0.2) is 60.7 Å². The Morgan fingerprint density at radius 2 is 1.68 bits per heavy atom. The molecular formula is C25H17F3N2O7S. The van der Waals surface area contributed by atoms with Gasteiger partial charge in [0.1, 0.15) is 17.3 Å². The molecule has 0 bridgehead atoms. The number of carbonyl (C=O) groups is 3. The number of rotatable bonds is 6. The zero-order valence-corrected chi connectivity index (χ0v) is 20.0. The van der Waals surface area contributed by atoms with Crippen molar-refractivity contribution in [3.8, 4) is 5.75 Å². The number of fused-ring (bicyclic) bond motifs is 2. The predicted molar refractivity (Wildman–Crippen MR) is 126 cm³/mol. The average Bonchev–Trinajstić information content (AvgIpc) is 3.23. The lowest BCUT2D eigenvalue weighted by Crippen LogP contribution is -2.54. The Kier molecular flexibility index (Phi) is 5.90. The fraction of sp³-hybridized carbons (Fsp3) is 0.160. The van der Waals surface area contributed by atoms with E-state index >= 15 is 0 Å². The van der Waals surface area contributed by atoms with Gasteiger partial charge in [-0.25, -0.2) is 26.4 Å². The molecule has 0 radical (unpaired) electrons. The highest BCUT2D eigenvalue weighted by Crippen LogP contribution is 2.53. The van der Waals surface area contributed by atoms with Gasteiger partial charge in [-0.05, 0) is 48.0 Å². The molecule has 3 aromatic rings. The first-order valence-corrected chi connectivity index (χ1v) is 12.7. The Labute approximate surface area is 213 Å². The predicted octanol–water partition coefficient (Wildman–Crippen LogP) is 2.73. The number of anilines is 2. The summed E-state index contributed by atoms with van der Waals surface area (Å²) in [5.74, 6) is -7.84. The molecule has 0 saturated carbocycles. The largest absolute Gasteiger partial charge is 0.482 e. The maximum absolute atomic E-state index is 14.2. The van der Waals surface area contributed by atoms with Gasteiger partial charge in [0.05, 0.1) is 12.2 Å². The van der Waals surface area contributed by atoms with Crippen molar-refractivity contribution in [1.29, 1.82) is 0 Å². The number of aliphatic carboxylic acids is 1. The molecule has 13 heteroatoms. The Hall–Kier alpha value is -4.39. The van der Waals surface area contributed by atoms with Gasteiger partial charge in [0.2, 0.25) is 5.91 Å². The van der Waals surface area contributed by atoms with Crippen LogP contribution in [0.2, 0.25) is 0 Å². The van der Waals surface area contributed by atoms with Crippen LogP contribution in [0.4, 0.5) is 24.5 Å². The van der Waals surface area contributed by atoms with Crippen molar-refractivity contribution >= 4 is 39.0 Å². The van der Waals surface area contributed by atoms with Crippen molar-refractivity contribution in [2.75, 3.05) is 22.2 Å². The zero-order valence-electron chi connectivity index (χ0n) is 19.2. The number of benzene rings is 3. The van der Waals surface area contributed by atoms with E-state index < -0.39 is 62.3 Å².